The summed E-state index contributed by atoms with van der Waals surface area (Å²) in [6.07, 6.45) is 2.92. The second-order valence-electron chi connectivity index (χ2n) is 6.33. The predicted molar refractivity (Wildman–Crippen MR) is 107 cm³/mol. The third-order valence-electron chi connectivity index (χ3n) is 3.68. The highest BCUT2D eigenvalue weighted by molar-refractivity contribution is 14.0. The molecule has 1 aromatic heterocycles. The first kappa shape index (κ1) is 21.0. The summed E-state index contributed by atoms with van der Waals surface area (Å²) in [6, 6.07) is 3.88. The number of aromatic nitrogens is 1. The molecule has 24 heavy (non-hydrogen) atoms. The van der Waals surface area contributed by atoms with E-state index in [9.17, 15) is 0 Å². The molecule has 1 fully saturated rings. The Hall–Kier alpha value is -1.09. The SMILES string of the molecule is CC(C)CC(C)Oc1cc(CN=C(N)N2CCOCC2)ccn1.I. The van der Waals surface area contributed by atoms with Gasteiger partial charge in [0.2, 0.25) is 5.88 Å². The number of hydrogen-bond acceptors (Lipinski definition) is 4. The first-order valence-electron chi connectivity index (χ1n) is 8.29. The Labute approximate surface area is 161 Å². The van der Waals surface area contributed by atoms with Gasteiger partial charge in [0.25, 0.3) is 0 Å². The van der Waals surface area contributed by atoms with E-state index in [4.69, 9.17) is 15.2 Å². The van der Waals surface area contributed by atoms with E-state index in [1.54, 1.807) is 6.20 Å². The van der Waals surface area contributed by atoms with Crippen molar-refractivity contribution in [1.82, 2.24) is 9.88 Å². The molecule has 0 spiro atoms. The largest absolute Gasteiger partial charge is 0.475 e. The number of halogens is 1. The summed E-state index contributed by atoms with van der Waals surface area (Å²) in [5, 5.41) is 0. The number of rotatable bonds is 6. The molecule has 2 heterocycles. The third kappa shape index (κ3) is 7.21. The molecule has 1 atom stereocenters. The molecule has 1 aliphatic heterocycles. The van der Waals surface area contributed by atoms with Crippen molar-refractivity contribution >= 4 is 29.9 Å². The van der Waals surface area contributed by atoms with Crippen LogP contribution in [0.15, 0.2) is 23.3 Å². The molecule has 2 rings (SSSR count). The second-order valence-corrected chi connectivity index (χ2v) is 6.33. The first-order valence-corrected chi connectivity index (χ1v) is 8.29. The van der Waals surface area contributed by atoms with E-state index in [0.29, 0.717) is 37.5 Å². The number of morpholine rings is 1. The van der Waals surface area contributed by atoms with E-state index in [1.807, 2.05) is 17.0 Å². The lowest BCUT2D eigenvalue weighted by Crippen LogP contribution is -2.44. The van der Waals surface area contributed by atoms with Gasteiger partial charge in [-0.25, -0.2) is 9.98 Å². The number of hydrogen-bond donors (Lipinski definition) is 1. The quantitative estimate of drug-likeness (QED) is 0.412. The van der Waals surface area contributed by atoms with E-state index in [0.717, 1.165) is 25.1 Å². The highest BCUT2D eigenvalue weighted by Gasteiger charge is 2.12. The molecule has 136 valence electrons. The number of guanidine groups is 1. The maximum atomic E-state index is 6.04. The lowest BCUT2D eigenvalue weighted by molar-refractivity contribution is 0.0674. The molecule has 0 saturated carbocycles. The van der Waals surface area contributed by atoms with Crippen LogP contribution in [0.4, 0.5) is 0 Å². The summed E-state index contributed by atoms with van der Waals surface area (Å²) < 4.78 is 11.2. The monoisotopic (exact) mass is 448 g/mol. The molecule has 1 aromatic rings. The van der Waals surface area contributed by atoms with Gasteiger partial charge in [0.05, 0.1) is 25.9 Å². The number of ether oxygens (including phenoxy) is 2. The smallest absolute Gasteiger partial charge is 0.213 e. The number of nitrogens with zero attached hydrogens (tertiary/aromatic N) is 3. The topological polar surface area (TPSA) is 73.0 Å². The Bertz CT molecular complexity index is 519. The molecule has 0 bridgehead atoms. The van der Waals surface area contributed by atoms with Crippen molar-refractivity contribution in [2.45, 2.75) is 39.8 Å². The van der Waals surface area contributed by atoms with E-state index < -0.39 is 0 Å². The Balaban J connectivity index is 0.00000288. The maximum Gasteiger partial charge on any atom is 0.213 e. The van der Waals surface area contributed by atoms with Crippen molar-refractivity contribution in [3.05, 3.63) is 23.9 Å². The van der Waals surface area contributed by atoms with Crippen molar-refractivity contribution in [1.29, 1.82) is 0 Å². The number of nitrogens with two attached hydrogens (primary N) is 1. The van der Waals surface area contributed by atoms with Gasteiger partial charge >= 0.3 is 0 Å². The Morgan fingerprint density at radius 1 is 1.38 bits per heavy atom. The zero-order valence-electron chi connectivity index (χ0n) is 14.8. The van der Waals surface area contributed by atoms with Gasteiger partial charge in [-0.05, 0) is 30.9 Å². The predicted octanol–water partition coefficient (Wildman–Crippen LogP) is 2.66. The molecule has 6 nitrogen and oxygen atoms in total. The van der Waals surface area contributed by atoms with E-state index in [1.165, 1.54) is 0 Å². The van der Waals surface area contributed by atoms with Crippen LogP contribution >= 0.6 is 24.0 Å². The minimum absolute atomic E-state index is 0. The van der Waals surface area contributed by atoms with Crippen LogP contribution in [0.25, 0.3) is 0 Å². The van der Waals surface area contributed by atoms with Crippen molar-refractivity contribution in [3.8, 4) is 5.88 Å². The van der Waals surface area contributed by atoms with Gasteiger partial charge < -0.3 is 20.1 Å². The Morgan fingerprint density at radius 2 is 2.08 bits per heavy atom. The molecule has 0 amide bonds. The summed E-state index contributed by atoms with van der Waals surface area (Å²) >= 11 is 0. The fraction of sp³-hybridized carbons (Fsp3) is 0.647. The molecule has 1 saturated heterocycles. The van der Waals surface area contributed by atoms with Crippen molar-refractivity contribution < 1.29 is 9.47 Å². The molecular formula is C17H29IN4O2. The van der Waals surface area contributed by atoms with Crippen LogP contribution in [0.5, 0.6) is 5.88 Å². The molecule has 0 aromatic carbocycles. The minimum atomic E-state index is 0. The van der Waals surface area contributed by atoms with Gasteiger partial charge in [-0.2, -0.15) is 0 Å². The fourth-order valence-electron chi connectivity index (χ4n) is 2.60. The van der Waals surface area contributed by atoms with E-state index in [2.05, 4.69) is 30.7 Å². The number of aliphatic imine (C=N–C) groups is 1. The van der Waals surface area contributed by atoms with Crippen LogP contribution < -0.4 is 10.5 Å². The molecule has 0 aliphatic carbocycles. The van der Waals surface area contributed by atoms with Gasteiger partial charge in [-0.3, -0.25) is 0 Å². The second kappa shape index (κ2) is 10.7. The normalized spacial score (nSPS) is 16.7. The van der Waals surface area contributed by atoms with Gasteiger partial charge in [0, 0.05) is 25.4 Å². The van der Waals surface area contributed by atoms with Crippen molar-refractivity contribution in [2.24, 2.45) is 16.6 Å². The molecule has 7 heteroatoms. The van der Waals surface area contributed by atoms with Crippen molar-refractivity contribution in [3.63, 3.8) is 0 Å². The molecule has 1 unspecified atom stereocenters. The number of pyridine rings is 1. The lowest BCUT2D eigenvalue weighted by atomic mass is 10.1. The maximum absolute atomic E-state index is 6.04. The standard InChI is InChI=1S/C17H28N4O2.HI/c1-13(2)10-14(3)23-16-11-15(4-5-19-16)12-20-17(18)21-6-8-22-9-7-21;/h4-5,11,13-14H,6-10,12H2,1-3H3,(H2,18,20);1H. The van der Waals surface area contributed by atoms with E-state index in [-0.39, 0.29) is 30.1 Å². The van der Waals surface area contributed by atoms with Gasteiger partial charge in [0.1, 0.15) is 0 Å². The average Bonchev–Trinajstić information content (AvgIpc) is 2.53. The Kier molecular flexibility index (Phi) is 9.35. The molecule has 1 aliphatic rings. The fourth-order valence-corrected chi connectivity index (χ4v) is 2.60. The van der Waals surface area contributed by atoms with Crippen LogP contribution in [0.2, 0.25) is 0 Å². The minimum Gasteiger partial charge on any atom is -0.475 e. The average molecular weight is 448 g/mol. The van der Waals surface area contributed by atoms with Gasteiger partial charge in [0.15, 0.2) is 5.96 Å². The summed E-state index contributed by atoms with van der Waals surface area (Å²) in [7, 11) is 0. The van der Waals surface area contributed by atoms with Crippen LogP contribution in [0, 0.1) is 5.92 Å². The molecule has 2 N–H and O–H groups in total. The van der Waals surface area contributed by atoms with Crippen molar-refractivity contribution in [2.75, 3.05) is 26.3 Å². The van der Waals surface area contributed by atoms with Crippen LogP contribution in [0.3, 0.4) is 0 Å². The van der Waals surface area contributed by atoms with Crippen LogP contribution in [-0.4, -0.2) is 48.3 Å². The van der Waals surface area contributed by atoms with Gasteiger partial charge in [-0.15, -0.1) is 24.0 Å². The zero-order chi connectivity index (χ0) is 16.7. The third-order valence-corrected chi connectivity index (χ3v) is 3.68. The Morgan fingerprint density at radius 3 is 2.75 bits per heavy atom. The molecular weight excluding hydrogens is 419 g/mol. The van der Waals surface area contributed by atoms with Gasteiger partial charge in [-0.1, -0.05) is 13.8 Å². The highest BCUT2D eigenvalue weighted by Crippen LogP contribution is 2.15. The first-order chi connectivity index (χ1) is 11.0. The highest BCUT2D eigenvalue weighted by atomic mass is 127. The zero-order valence-corrected chi connectivity index (χ0v) is 17.1. The van der Waals surface area contributed by atoms with E-state index >= 15 is 0 Å². The van der Waals surface area contributed by atoms with Crippen LogP contribution in [0.1, 0.15) is 32.8 Å². The summed E-state index contributed by atoms with van der Waals surface area (Å²) in [4.78, 5) is 10.8. The molecule has 0 radical (unpaired) electrons. The summed E-state index contributed by atoms with van der Waals surface area (Å²) in [6.45, 7) is 9.98. The lowest BCUT2D eigenvalue weighted by Gasteiger charge is -2.27. The van der Waals surface area contributed by atoms with Crippen LogP contribution in [-0.2, 0) is 11.3 Å². The summed E-state index contributed by atoms with van der Waals surface area (Å²) in [5.41, 5.74) is 7.09. The summed E-state index contributed by atoms with van der Waals surface area (Å²) in [5.74, 6) is 1.82.